The summed E-state index contributed by atoms with van der Waals surface area (Å²) in [5, 5.41) is 4.28. The fraction of sp³-hybridized carbons (Fsp3) is 0.333. The second-order valence-electron chi connectivity index (χ2n) is 3.80. The van der Waals surface area contributed by atoms with Gasteiger partial charge in [0.2, 0.25) is 0 Å². The van der Waals surface area contributed by atoms with Crippen LogP contribution in [0.15, 0.2) is 22.8 Å². The smallest absolute Gasteiger partial charge is 0.170 e. The number of nitrogens with two attached hydrogens (primary N) is 1. The van der Waals surface area contributed by atoms with Gasteiger partial charge in [-0.3, -0.25) is 0 Å². The second kappa shape index (κ2) is 3.03. The fourth-order valence-electron chi connectivity index (χ4n) is 1.13. The van der Waals surface area contributed by atoms with Crippen LogP contribution in [0.2, 0.25) is 0 Å². The largest absolute Gasteiger partial charge is 0.319 e. The van der Waals surface area contributed by atoms with Crippen LogP contribution in [0.25, 0.3) is 5.65 Å². The quantitative estimate of drug-likeness (QED) is 0.843. The summed E-state index contributed by atoms with van der Waals surface area (Å²) < 4.78 is 2.70. The van der Waals surface area contributed by atoms with Gasteiger partial charge >= 0.3 is 0 Å². The summed E-state index contributed by atoms with van der Waals surface area (Å²) in [5.74, 6) is 0.649. The molecule has 0 spiro atoms. The van der Waals surface area contributed by atoms with Crippen LogP contribution < -0.4 is 5.73 Å². The Balaban J connectivity index is 2.63. The van der Waals surface area contributed by atoms with Crippen molar-refractivity contribution < 1.29 is 0 Å². The maximum absolute atomic E-state index is 5.91. The molecule has 0 saturated heterocycles. The van der Waals surface area contributed by atoms with E-state index in [1.54, 1.807) is 4.52 Å². The first kappa shape index (κ1) is 9.61. The fourth-order valence-corrected chi connectivity index (χ4v) is 1.45. The predicted molar refractivity (Wildman–Crippen MR) is 57.9 cm³/mol. The second-order valence-corrected chi connectivity index (χ2v) is 4.72. The van der Waals surface area contributed by atoms with Gasteiger partial charge in [-0.1, -0.05) is 15.9 Å². The highest BCUT2D eigenvalue weighted by molar-refractivity contribution is 9.10. The van der Waals surface area contributed by atoms with Gasteiger partial charge in [-0.05, 0) is 26.0 Å². The highest BCUT2D eigenvalue weighted by atomic mass is 79.9. The minimum atomic E-state index is -0.501. The van der Waals surface area contributed by atoms with Crippen LogP contribution >= 0.6 is 15.9 Å². The van der Waals surface area contributed by atoms with Crippen LogP contribution in [0.1, 0.15) is 19.7 Å². The van der Waals surface area contributed by atoms with Crippen molar-refractivity contribution in [3.8, 4) is 0 Å². The van der Waals surface area contributed by atoms with Crippen molar-refractivity contribution in [1.82, 2.24) is 14.6 Å². The van der Waals surface area contributed by atoms with Gasteiger partial charge in [-0.15, -0.1) is 5.10 Å². The third-order valence-corrected chi connectivity index (χ3v) is 2.37. The van der Waals surface area contributed by atoms with E-state index in [1.165, 1.54) is 0 Å². The van der Waals surface area contributed by atoms with E-state index in [1.807, 2.05) is 32.2 Å². The average molecular weight is 255 g/mol. The van der Waals surface area contributed by atoms with E-state index in [0.29, 0.717) is 5.82 Å². The molecule has 2 aromatic rings. The van der Waals surface area contributed by atoms with E-state index in [2.05, 4.69) is 26.0 Å². The van der Waals surface area contributed by atoms with Crippen LogP contribution in [0.4, 0.5) is 0 Å². The Morgan fingerprint density at radius 1 is 1.50 bits per heavy atom. The van der Waals surface area contributed by atoms with Crippen molar-refractivity contribution in [3.05, 3.63) is 28.6 Å². The summed E-state index contributed by atoms with van der Waals surface area (Å²) in [6, 6.07) is 3.82. The van der Waals surface area contributed by atoms with Gasteiger partial charge in [0.15, 0.2) is 11.5 Å². The molecule has 0 atom stereocenters. The molecule has 0 aliphatic rings. The normalized spacial score (nSPS) is 12.3. The van der Waals surface area contributed by atoms with E-state index in [9.17, 15) is 0 Å². The Labute approximate surface area is 90.3 Å². The van der Waals surface area contributed by atoms with Crippen LogP contribution in [-0.4, -0.2) is 14.6 Å². The number of hydrogen-bond donors (Lipinski definition) is 1. The average Bonchev–Trinajstić information content (AvgIpc) is 2.45. The minimum absolute atomic E-state index is 0.501. The molecule has 2 N–H and O–H groups in total. The monoisotopic (exact) mass is 254 g/mol. The summed E-state index contributed by atoms with van der Waals surface area (Å²) in [4.78, 5) is 4.34. The van der Waals surface area contributed by atoms with Gasteiger partial charge < -0.3 is 5.73 Å². The molecule has 5 heteroatoms. The van der Waals surface area contributed by atoms with Crippen molar-refractivity contribution in [2.75, 3.05) is 0 Å². The van der Waals surface area contributed by atoms with Crippen molar-refractivity contribution in [2.45, 2.75) is 19.4 Å². The number of fused-ring (bicyclic) bond motifs is 1. The molecule has 14 heavy (non-hydrogen) atoms. The van der Waals surface area contributed by atoms with Crippen LogP contribution in [0, 0.1) is 0 Å². The lowest BCUT2D eigenvalue weighted by molar-refractivity contribution is 0.514. The maximum atomic E-state index is 5.91. The SMILES string of the molecule is CC(C)(N)c1nc2cc(Br)ccn2n1. The number of nitrogens with zero attached hydrogens (tertiary/aromatic N) is 3. The zero-order chi connectivity index (χ0) is 10.3. The molecule has 0 fully saturated rings. The van der Waals surface area contributed by atoms with Crippen molar-refractivity contribution in [3.63, 3.8) is 0 Å². The van der Waals surface area contributed by atoms with Gasteiger partial charge in [-0.25, -0.2) is 9.50 Å². The summed E-state index contributed by atoms with van der Waals surface area (Å²) in [6.07, 6.45) is 1.85. The summed E-state index contributed by atoms with van der Waals surface area (Å²) in [7, 11) is 0. The van der Waals surface area contributed by atoms with Gasteiger partial charge in [-0.2, -0.15) is 0 Å². The maximum Gasteiger partial charge on any atom is 0.170 e. The molecule has 0 aliphatic heterocycles. The lowest BCUT2D eigenvalue weighted by Gasteiger charge is -2.12. The standard InChI is InChI=1S/C9H11BrN4/c1-9(2,11)8-12-7-5-6(10)3-4-14(7)13-8/h3-5H,11H2,1-2H3. The van der Waals surface area contributed by atoms with E-state index in [4.69, 9.17) is 5.73 Å². The number of pyridine rings is 1. The van der Waals surface area contributed by atoms with Crippen LogP contribution in [0.3, 0.4) is 0 Å². The van der Waals surface area contributed by atoms with Crippen molar-refractivity contribution in [2.24, 2.45) is 5.73 Å². The van der Waals surface area contributed by atoms with Crippen LogP contribution in [0.5, 0.6) is 0 Å². The Kier molecular flexibility index (Phi) is 2.08. The van der Waals surface area contributed by atoms with Crippen molar-refractivity contribution in [1.29, 1.82) is 0 Å². The molecular formula is C9H11BrN4. The Morgan fingerprint density at radius 2 is 2.21 bits per heavy atom. The summed E-state index contributed by atoms with van der Waals surface area (Å²) in [5.41, 5.74) is 6.21. The van der Waals surface area contributed by atoms with Gasteiger partial charge in [0, 0.05) is 10.7 Å². The molecule has 0 unspecified atom stereocenters. The molecule has 4 nitrogen and oxygen atoms in total. The Hall–Kier alpha value is -0.940. The molecule has 2 heterocycles. The molecule has 0 bridgehead atoms. The lowest BCUT2D eigenvalue weighted by Crippen LogP contribution is -2.30. The zero-order valence-corrected chi connectivity index (χ0v) is 9.62. The minimum Gasteiger partial charge on any atom is -0.319 e. The van der Waals surface area contributed by atoms with Gasteiger partial charge in [0.1, 0.15) is 0 Å². The molecule has 74 valence electrons. The third-order valence-electron chi connectivity index (χ3n) is 1.88. The highest BCUT2D eigenvalue weighted by Crippen LogP contribution is 2.16. The van der Waals surface area contributed by atoms with E-state index < -0.39 is 5.54 Å². The Bertz CT molecular complexity index is 469. The number of aromatic nitrogens is 3. The van der Waals surface area contributed by atoms with Gasteiger partial charge in [0.25, 0.3) is 0 Å². The van der Waals surface area contributed by atoms with Crippen molar-refractivity contribution >= 4 is 21.6 Å². The topological polar surface area (TPSA) is 56.2 Å². The van der Waals surface area contributed by atoms with E-state index in [0.717, 1.165) is 10.1 Å². The molecule has 0 aromatic carbocycles. The molecule has 0 aliphatic carbocycles. The number of hydrogen-bond acceptors (Lipinski definition) is 3. The number of halogens is 1. The lowest BCUT2D eigenvalue weighted by atomic mass is 10.1. The first-order chi connectivity index (χ1) is 6.47. The van der Waals surface area contributed by atoms with Gasteiger partial charge in [0.05, 0.1) is 5.54 Å². The molecule has 0 radical (unpaired) electrons. The predicted octanol–water partition coefficient (Wildman–Crippen LogP) is 1.69. The molecule has 2 aromatic heterocycles. The molecule has 0 amide bonds. The molecular weight excluding hydrogens is 244 g/mol. The first-order valence-electron chi connectivity index (χ1n) is 4.28. The Morgan fingerprint density at radius 3 is 2.86 bits per heavy atom. The molecule has 2 rings (SSSR count). The summed E-state index contributed by atoms with van der Waals surface area (Å²) >= 11 is 3.38. The third kappa shape index (κ3) is 1.65. The number of rotatable bonds is 1. The molecule has 0 saturated carbocycles. The summed E-state index contributed by atoms with van der Waals surface area (Å²) in [6.45, 7) is 3.77. The van der Waals surface area contributed by atoms with Crippen LogP contribution in [-0.2, 0) is 5.54 Å². The zero-order valence-electron chi connectivity index (χ0n) is 8.03. The van der Waals surface area contributed by atoms with E-state index in [-0.39, 0.29) is 0 Å². The first-order valence-corrected chi connectivity index (χ1v) is 5.07. The van der Waals surface area contributed by atoms with E-state index >= 15 is 0 Å². The highest BCUT2D eigenvalue weighted by Gasteiger charge is 2.19.